The van der Waals surface area contributed by atoms with E-state index in [1.165, 1.54) is 12.1 Å². The lowest BCUT2D eigenvalue weighted by Crippen LogP contribution is -2.23. The highest BCUT2D eigenvalue weighted by Gasteiger charge is 2.23. The predicted octanol–water partition coefficient (Wildman–Crippen LogP) is 4.27. The molecule has 0 atom stereocenters. The van der Waals surface area contributed by atoms with Crippen molar-refractivity contribution in [2.24, 2.45) is 0 Å². The first-order valence-electron chi connectivity index (χ1n) is 8.62. The topological polar surface area (TPSA) is 64.0 Å². The summed E-state index contributed by atoms with van der Waals surface area (Å²) in [5.41, 5.74) is 0.620. The number of rotatable bonds is 3. The summed E-state index contributed by atoms with van der Waals surface area (Å²) in [4.78, 5) is 30.9. The Hall–Kier alpha value is -2.54. The Morgan fingerprint density at radius 3 is 2.77 bits per heavy atom. The third-order valence-electron chi connectivity index (χ3n) is 4.92. The molecule has 3 aromatic rings. The van der Waals surface area contributed by atoms with Gasteiger partial charge in [-0.05, 0) is 37.5 Å². The molecule has 2 aromatic heterocycles. The number of thiophene rings is 1. The van der Waals surface area contributed by atoms with Crippen LogP contribution in [0.3, 0.4) is 0 Å². The number of benzene rings is 1. The highest BCUT2D eigenvalue weighted by atomic mass is 32.1. The predicted molar refractivity (Wildman–Crippen MR) is 100 cm³/mol. The summed E-state index contributed by atoms with van der Waals surface area (Å²) < 4.78 is 15.5. The van der Waals surface area contributed by atoms with Crippen LogP contribution in [0.25, 0.3) is 10.2 Å². The lowest BCUT2D eigenvalue weighted by molar-refractivity contribution is 0.102. The summed E-state index contributed by atoms with van der Waals surface area (Å²) in [6.45, 7) is 1.75. The monoisotopic (exact) mass is 371 g/mol. The van der Waals surface area contributed by atoms with E-state index in [-0.39, 0.29) is 17.3 Å². The van der Waals surface area contributed by atoms with E-state index in [0.29, 0.717) is 20.7 Å². The van der Waals surface area contributed by atoms with E-state index in [1.54, 1.807) is 30.0 Å². The minimum absolute atomic E-state index is 0.0967. The SMILES string of the molecule is Cc1c(C(=O)Nc2ccccc2F)sc2ncn(C3CCCC3)c(=O)c12. The molecule has 1 aliphatic rings. The van der Waals surface area contributed by atoms with Gasteiger partial charge in [-0.2, -0.15) is 0 Å². The molecule has 1 amide bonds. The Kier molecular flexibility index (Phi) is 4.32. The summed E-state index contributed by atoms with van der Waals surface area (Å²) in [5, 5.41) is 3.07. The summed E-state index contributed by atoms with van der Waals surface area (Å²) >= 11 is 1.16. The van der Waals surface area contributed by atoms with E-state index in [1.807, 2.05) is 0 Å². The van der Waals surface area contributed by atoms with Crippen LogP contribution in [0.2, 0.25) is 0 Å². The van der Waals surface area contributed by atoms with E-state index in [9.17, 15) is 14.0 Å². The zero-order chi connectivity index (χ0) is 18.3. The standard InChI is InChI=1S/C19H18FN3O2S/c1-11-15-18(21-10-23(19(15)25)12-6-2-3-7-12)26-16(11)17(24)22-14-9-5-4-8-13(14)20/h4-5,8-10,12H,2-3,6-7H2,1H3,(H,22,24). The van der Waals surface area contributed by atoms with Gasteiger partial charge in [-0.3, -0.25) is 14.2 Å². The molecule has 5 nitrogen and oxygen atoms in total. The molecule has 0 bridgehead atoms. The van der Waals surface area contributed by atoms with Crippen LogP contribution in [0.4, 0.5) is 10.1 Å². The summed E-state index contributed by atoms with van der Waals surface area (Å²) in [5.74, 6) is -0.927. The van der Waals surface area contributed by atoms with Gasteiger partial charge in [0.25, 0.3) is 11.5 Å². The quantitative estimate of drug-likeness (QED) is 0.748. The van der Waals surface area contributed by atoms with Crippen LogP contribution in [-0.2, 0) is 0 Å². The molecule has 26 heavy (non-hydrogen) atoms. The minimum atomic E-state index is -0.499. The van der Waals surface area contributed by atoms with Crippen LogP contribution in [0.5, 0.6) is 0 Å². The number of anilines is 1. The van der Waals surface area contributed by atoms with Gasteiger partial charge in [-0.15, -0.1) is 11.3 Å². The first-order valence-corrected chi connectivity index (χ1v) is 9.44. The molecule has 2 heterocycles. The van der Waals surface area contributed by atoms with Crippen LogP contribution in [0, 0.1) is 12.7 Å². The number of hydrogen-bond donors (Lipinski definition) is 1. The highest BCUT2D eigenvalue weighted by Crippen LogP contribution is 2.31. The van der Waals surface area contributed by atoms with Crippen LogP contribution in [-0.4, -0.2) is 15.5 Å². The number of nitrogens with zero attached hydrogens (tertiary/aromatic N) is 2. The minimum Gasteiger partial charge on any atom is -0.319 e. The third kappa shape index (κ3) is 2.82. The van der Waals surface area contributed by atoms with Crippen LogP contribution in [0.1, 0.15) is 47.0 Å². The van der Waals surface area contributed by atoms with Gasteiger partial charge in [-0.25, -0.2) is 9.37 Å². The van der Waals surface area contributed by atoms with Crippen molar-refractivity contribution in [3.8, 4) is 0 Å². The maximum atomic E-state index is 13.8. The number of carbonyl (C=O) groups excluding carboxylic acids is 1. The van der Waals surface area contributed by atoms with Crippen molar-refractivity contribution < 1.29 is 9.18 Å². The van der Waals surface area contributed by atoms with Crippen LogP contribution >= 0.6 is 11.3 Å². The fourth-order valence-electron chi connectivity index (χ4n) is 3.54. The van der Waals surface area contributed by atoms with Gasteiger partial charge in [0, 0.05) is 6.04 Å². The maximum Gasteiger partial charge on any atom is 0.266 e. The molecule has 1 saturated carbocycles. The number of halogens is 1. The summed E-state index contributed by atoms with van der Waals surface area (Å²) in [6.07, 6.45) is 5.80. The highest BCUT2D eigenvalue weighted by molar-refractivity contribution is 7.20. The van der Waals surface area contributed by atoms with Gasteiger partial charge < -0.3 is 5.32 Å². The smallest absolute Gasteiger partial charge is 0.266 e. The van der Waals surface area contributed by atoms with Gasteiger partial charge in [-0.1, -0.05) is 25.0 Å². The number of nitrogens with one attached hydrogen (secondary N) is 1. The van der Waals surface area contributed by atoms with Crippen molar-refractivity contribution in [1.82, 2.24) is 9.55 Å². The van der Waals surface area contributed by atoms with E-state index in [2.05, 4.69) is 10.3 Å². The number of aryl methyl sites for hydroxylation is 1. The first kappa shape index (κ1) is 16.9. The second-order valence-corrected chi connectivity index (χ2v) is 7.56. The lowest BCUT2D eigenvalue weighted by atomic mass is 10.2. The first-order chi connectivity index (χ1) is 12.6. The average Bonchev–Trinajstić information content (AvgIpc) is 3.26. The fraction of sp³-hybridized carbons (Fsp3) is 0.316. The van der Waals surface area contributed by atoms with Gasteiger partial charge >= 0.3 is 0 Å². The molecule has 134 valence electrons. The van der Waals surface area contributed by atoms with E-state index in [4.69, 9.17) is 0 Å². The second kappa shape index (κ2) is 6.64. The van der Waals surface area contributed by atoms with E-state index < -0.39 is 11.7 Å². The second-order valence-electron chi connectivity index (χ2n) is 6.57. The van der Waals surface area contributed by atoms with Crippen LogP contribution < -0.4 is 10.9 Å². The number of hydrogen-bond acceptors (Lipinski definition) is 4. The Morgan fingerprint density at radius 2 is 2.04 bits per heavy atom. The number of fused-ring (bicyclic) bond motifs is 1. The number of aromatic nitrogens is 2. The molecular weight excluding hydrogens is 353 g/mol. The maximum absolute atomic E-state index is 13.8. The van der Waals surface area contributed by atoms with Gasteiger partial charge in [0.2, 0.25) is 0 Å². The largest absolute Gasteiger partial charge is 0.319 e. The molecule has 1 fully saturated rings. The van der Waals surface area contributed by atoms with Crippen molar-refractivity contribution in [1.29, 1.82) is 0 Å². The molecule has 0 saturated heterocycles. The molecule has 0 spiro atoms. The molecule has 1 aliphatic carbocycles. The number of carbonyl (C=O) groups is 1. The van der Waals surface area contributed by atoms with Crippen molar-refractivity contribution >= 4 is 33.1 Å². The zero-order valence-electron chi connectivity index (χ0n) is 14.3. The Labute approximate surface area is 153 Å². The third-order valence-corrected chi connectivity index (χ3v) is 6.12. The van der Waals surface area contributed by atoms with Gasteiger partial charge in [0.1, 0.15) is 10.6 Å². The van der Waals surface area contributed by atoms with Crippen molar-refractivity contribution in [2.75, 3.05) is 5.32 Å². The van der Waals surface area contributed by atoms with E-state index >= 15 is 0 Å². The number of para-hydroxylation sites is 1. The molecule has 1 aromatic carbocycles. The normalized spacial score (nSPS) is 14.8. The zero-order valence-corrected chi connectivity index (χ0v) is 15.1. The molecular formula is C19H18FN3O2S. The summed E-state index contributed by atoms with van der Waals surface area (Å²) in [7, 11) is 0. The molecule has 0 aliphatic heterocycles. The van der Waals surface area contributed by atoms with Crippen LogP contribution in [0.15, 0.2) is 35.4 Å². The molecule has 0 radical (unpaired) electrons. The Morgan fingerprint density at radius 1 is 1.31 bits per heavy atom. The summed E-state index contributed by atoms with van der Waals surface area (Å²) in [6, 6.07) is 6.19. The molecule has 1 N–H and O–H groups in total. The molecule has 0 unspecified atom stereocenters. The average molecular weight is 371 g/mol. The van der Waals surface area contributed by atoms with Crippen molar-refractivity contribution in [2.45, 2.75) is 38.6 Å². The van der Waals surface area contributed by atoms with E-state index in [0.717, 1.165) is 37.0 Å². The number of amides is 1. The van der Waals surface area contributed by atoms with Gasteiger partial charge in [0.15, 0.2) is 0 Å². The molecule has 7 heteroatoms. The Balaban J connectivity index is 1.73. The Bertz CT molecular complexity index is 1050. The van der Waals surface area contributed by atoms with Crippen molar-refractivity contribution in [3.63, 3.8) is 0 Å². The van der Waals surface area contributed by atoms with Gasteiger partial charge in [0.05, 0.1) is 22.3 Å². The molecule has 4 rings (SSSR count). The fourth-order valence-corrected chi connectivity index (χ4v) is 4.57. The lowest BCUT2D eigenvalue weighted by Gasteiger charge is -2.12. The van der Waals surface area contributed by atoms with Crippen molar-refractivity contribution in [3.05, 3.63) is 57.2 Å².